The predicted molar refractivity (Wildman–Crippen MR) is 80.4 cm³/mol. The second kappa shape index (κ2) is 6.76. The summed E-state index contributed by atoms with van der Waals surface area (Å²) in [5.74, 6) is -0.172. The summed E-state index contributed by atoms with van der Waals surface area (Å²) >= 11 is 0. The van der Waals surface area contributed by atoms with E-state index in [9.17, 15) is 13.2 Å². The number of nitrogens with one attached hydrogen (secondary N) is 1. The van der Waals surface area contributed by atoms with Crippen molar-refractivity contribution in [1.29, 1.82) is 0 Å². The van der Waals surface area contributed by atoms with Gasteiger partial charge in [-0.3, -0.25) is 9.48 Å². The number of hydrogen-bond donors (Lipinski definition) is 1. The molecule has 1 aliphatic heterocycles. The highest BCUT2D eigenvalue weighted by Gasteiger charge is 2.24. The first-order valence-electron chi connectivity index (χ1n) is 7.16. The Morgan fingerprint density at radius 1 is 1.50 bits per heavy atom. The topological polar surface area (TPSA) is 93.5 Å². The lowest BCUT2D eigenvalue weighted by molar-refractivity contribution is -0.131. The molecular formula is C13H22N4O4S. The van der Waals surface area contributed by atoms with Crippen LogP contribution in [0.15, 0.2) is 6.07 Å². The first-order chi connectivity index (χ1) is 10.3. The minimum Gasteiger partial charge on any atom is -0.372 e. The van der Waals surface area contributed by atoms with E-state index in [-0.39, 0.29) is 5.91 Å². The smallest absolute Gasteiger partial charge is 0.249 e. The van der Waals surface area contributed by atoms with Gasteiger partial charge in [0.25, 0.3) is 0 Å². The fourth-order valence-corrected chi connectivity index (χ4v) is 3.20. The highest BCUT2D eigenvalue weighted by Crippen LogP contribution is 2.16. The lowest BCUT2D eigenvalue weighted by atomic mass is 10.2. The number of aromatic nitrogens is 2. The summed E-state index contributed by atoms with van der Waals surface area (Å²) in [7, 11) is -1.69. The van der Waals surface area contributed by atoms with Crippen molar-refractivity contribution < 1.29 is 17.9 Å². The third-order valence-electron chi connectivity index (χ3n) is 3.67. The number of carbonyl (C=O) groups excluding carboxylic acids is 1. The van der Waals surface area contributed by atoms with E-state index in [1.807, 2.05) is 13.0 Å². The average Bonchev–Trinajstić information content (AvgIpc) is 2.87. The minimum absolute atomic E-state index is 0.172. The molecule has 0 spiro atoms. The van der Waals surface area contributed by atoms with Gasteiger partial charge in [-0.05, 0) is 12.5 Å². The molecule has 1 N–H and O–H groups in total. The largest absolute Gasteiger partial charge is 0.372 e. The zero-order chi connectivity index (χ0) is 16.3. The van der Waals surface area contributed by atoms with Crippen LogP contribution in [0.3, 0.4) is 0 Å². The van der Waals surface area contributed by atoms with Gasteiger partial charge in [0, 0.05) is 13.7 Å². The molecule has 0 radical (unpaired) electrons. The molecule has 1 aromatic heterocycles. The first-order valence-corrected chi connectivity index (χ1v) is 9.01. The van der Waals surface area contributed by atoms with Crippen LogP contribution in [0, 0.1) is 0 Å². The summed E-state index contributed by atoms with van der Waals surface area (Å²) in [6.07, 6.45) is 1.35. The number of amides is 1. The van der Waals surface area contributed by atoms with Crippen molar-refractivity contribution in [3.05, 3.63) is 17.5 Å². The van der Waals surface area contributed by atoms with Crippen molar-refractivity contribution in [1.82, 2.24) is 19.4 Å². The molecule has 22 heavy (non-hydrogen) atoms. The van der Waals surface area contributed by atoms with E-state index in [1.54, 1.807) is 4.68 Å². The zero-order valence-corrected chi connectivity index (χ0v) is 13.9. The van der Waals surface area contributed by atoms with Gasteiger partial charge >= 0.3 is 0 Å². The molecule has 0 fully saturated rings. The van der Waals surface area contributed by atoms with Crippen LogP contribution in [0.2, 0.25) is 0 Å². The molecule has 1 amide bonds. The van der Waals surface area contributed by atoms with Crippen molar-refractivity contribution in [2.75, 3.05) is 19.9 Å². The number of nitrogens with zero attached hydrogens (tertiary/aromatic N) is 3. The summed E-state index contributed by atoms with van der Waals surface area (Å²) in [6.45, 7) is 3.43. The fourth-order valence-electron chi connectivity index (χ4n) is 2.42. The summed E-state index contributed by atoms with van der Waals surface area (Å²) in [6, 6.07) is 1.82. The Kier molecular flexibility index (Phi) is 5.20. The van der Waals surface area contributed by atoms with E-state index in [0.29, 0.717) is 38.3 Å². The summed E-state index contributed by atoms with van der Waals surface area (Å²) in [5.41, 5.74) is 1.55. The van der Waals surface area contributed by atoms with Crippen LogP contribution in [-0.4, -0.2) is 54.4 Å². The summed E-state index contributed by atoms with van der Waals surface area (Å²) in [5, 5.41) is 7.17. The monoisotopic (exact) mass is 330 g/mol. The van der Waals surface area contributed by atoms with Crippen LogP contribution in [0.5, 0.6) is 0 Å². The molecule has 2 heterocycles. The maximum atomic E-state index is 11.8. The van der Waals surface area contributed by atoms with E-state index in [1.165, 1.54) is 17.7 Å². The van der Waals surface area contributed by atoms with Gasteiger partial charge < -0.3 is 10.1 Å². The normalized spacial score (nSPS) is 17.0. The van der Waals surface area contributed by atoms with E-state index < -0.39 is 16.1 Å². The van der Waals surface area contributed by atoms with Gasteiger partial charge in [-0.2, -0.15) is 9.40 Å². The molecule has 1 aromatic rings. The van der Waals surface area contributed by atoms with Crippen LogP contribution in [0.1, 0.15) is 24.7 Å². The van der Waals surface area contributed by atoms with Crippen LogP contribution >= 0.6 is 0 Å². The van der Waals surface area contributed by atoms with Gasteiger partial charge in [-0.1, -0.05) is 6.92 Å². The van der Waals surface area contributed by atoms with Crippen molar-refractivity contribution >= 4 is 15.9 Å². The third-order valence-corrected chi connectivity index (χ3v) is 4.92. The van der Waals surface area contributed by atoms with Crippen LogP contribution in [-0.2, 0) is 39.2 Å². The van der Waals surface area contributed by atoms with Gasteiger partial charge in [0.15, 0.2) is 0 Å². The van der Waals surface area contributed by atoms with Crippen LogP contribution in [0.4, 0.5) is 0 Å². The van der Waals surface area contributed by atoms with E-state index in [0.717, 1.165) is 5.69 Å². The fraction of sp³-hybridized carbons (Fsp3) is 0.692. The molecule has 0 saturated heterocycles. The lowest BCUT2D eigenvalue weighted by Gasteiger charge is -2.25. The Morgan fingerprint density at radius 2 is 2.23 bits per heavy atom. The van der Waals surface area contributed by atoms with Gasteiger partial charge in [0.2, 0.25) is 15.9 Å². The molecule has 0 saturated carbocycles. The number of methoxy groups -OCH3 is 1. The molecular weight excluding hydrogens is 308 g/mol. The zero-order valence-electron chi connectivity index (χ0n) is 13.1. The molecule has 124 valence electrons. The van der Waals surface area contributed by atoms with E-state index >= 15 is 0 Å². The van der Waals surface area contributed by atoms with Crippen LogP contribution in [0.25, 0.3) is 0 Å². The quantitative estimate of drug-likeness (QED) is 0.773. The maximum absolute atomic E-state index is 11.8. The SMILES string of the molecule is CC[C@@H](OC)C(=O)NCc1cc2n(n1)CCN(S(C)(=O)=O)C2. The Bertz CT molecular complexity index is 636. The van der Waals surface area contributed by atoms with Gasteiger partial charge in [0.1, 0.15) is 6.10 Å². The first kappa shape index (κ1) is 16.9. The van der Waals surface area contributed by atoms with Crippen LogP contribution < -0.4 is 5.32 Å². The molecule has 0 aromatic carbocycles. The Labute approximate surface area is 130 Å². The van der Waals surface area contributed by atoms with Gasteiger partial charge in [0.05, 0.1) is 37.3 Å². The Balaban J connectivity index is 1.99. The van der Waals surface area contributed by atoms with Crippen molar-refractivity contribution in [2.24, 2.45) is 0 Å². The summed E-state index contributed by atoms with van der Waals surface area (Å²) in [4.78, 5) is 11.8. The predicted octanol–water partition coefficient (Wildman–Crippen LogP) is -0.300. The number of sulfonamides is 1. The lowest BCUT2D eigenvalue weighted by Crippen LogP contribution is -2.37. The number of fused-ring (bicyclic) bond motifs is 1. The Morgan fingerprint density at radius 3 is 2.82 bits per heavy atom. The number of rotatable bonds is 6. The van der Waals surface area contributed by atoms with Gasteiger partial charge in [-0.25, -0.2) is 8.42 Å². The minimum atomic E-state index is -3.20. The standard InChI is InChI=1S/C13H22N4O4S/c1-4-12(21-2)13(18)14-8-10-7-11-9-16(22(3,19)20)5-6-17(11)15-10/h7,12H,4-6,8-9H2,1-3H3,(H,14,18)/t12-/m1/s1. The van der Waals surface area contributed by atoms with Crippen molar-refractivity contribution in [2.45, 2.75) is 39.1 Å². The molecule has 1 atom stereocenters. The summed E-state index contributed by atoms with van der Waals surface area (Å²) < 4.78 is 31.4. The molecule has 1 aliphatic rings. The van der Waals surface area contributed by atoms with Gasteiger partial charge in [-0.15, -0.1) is 0 Å². The molecule has 0 unspecified atom stereocenters. The van der Waals surface area contributed by atoms with Crippen molar-refractivity contribution in [3.8, 4) is 0 Å². The highest BCUT2D eigenvalue weighted by molar-refractivity contribution is 7.88. The highest BCUT2D eigenvalue weighted by atomic mass is 32.2. The van der Waals surface area contributed by atoms with E-state index in [4.69, 9.17) is 4.74 Å². The number of ether oxygens (including phenoxy) is 1. The second-order valence-corrected chi connectivity index (χ2v) is 7.28. The maximum Gasteiger partial charge on any atom is 0.249 e. The van der Waals surface area contributed by atoms with Crippen molar-refractivity contribution in [3.63, 3.8) is 0 Å². The second-order valence-electron chi connectivity index (χ2n) is 5.30. The average molecular weight is 330 g/mol. The molecule has 0 aliphatic carbocycles. The molecule has 9 heteroatoms. The number of hydrogen-bond acceptors (Lipinski definition) is 5. The third kappa shape index (κ3) is 3.84. The molecule has 8 nitrogen and oxygen atoms in total. The molecule has 0 bridgehead atoms. The van der Waals surface area contributed by atoms with E-state index in [2.05, 4.69) is 10.4 Å². The Hall–Kier alpha value is -1.45. The molecule has 2 rings (SSSR count). The number of carbonyl (C=O) groups is 1.